The molecular formula is C13H17BrN2O4S. The molecule has 1 unspecified atom stereocenters. The van der Waals surface area contributed by atoms with Crippen molar-refractivity contribution >= 4 is 31.9 Å². The second-order valence-corrected chi connectivity index (χ2v) is 7.35. The van der Waals surface area contributed by atoms with Crippen LogP contribution in [0.3, 0.4) is 0 Å². The molecule has 0 radical (unpaired) electrons. The molecule has 1 N–H and O–H groups in total. The van der Waals surface area contributed by atoms with Gasteiger partial charge in [-0.2, -0.15) is 4.31 Å². The number of sulfonamides is 1. The third kappa shape index (κ3) is 3.63. The van der Waals surface area contributed by atoms with E-state index < -0.39 is 22.0 Å². The summed E-state index contributed by atoms with van der Waals surface area (Å²) in [6, 6.07) is 5.62. The van der Waals surface area contributed by atoms with Gasteiger partial charge in [0.15, 0.2) is 0 Å². The summed E-state index contributed by atoms with van der Waals surface area (Å²) in [4.78, 5) is 12.1. The van der Waals surface area contributed by atoms with Crippen molar-refractivity contribution in [2.24, 2.45) is 0 Å². The van der Waals surface area contributed by atoms with Gasteiger partial charge >= 0.3 is 5.97 Å². The van der Waals surface area contributed by atoms with Gasteiger partial charge in [-0.3, -0.25) is 4.79 Å². The molecule has 0 amide bonds. The Bertz CT molecular complexity index is 620. The van der Waals surface area contributed by atoms with Crippen LogP contribution in [0.5, 0.6) is 0 Å². The number of rotatable bonds is 4. The van der Waals surface area contributed by atoms with E-state index >= 15 is 0 Å². The topological polar surface area (TPSA) is 75.7 Å². The Morgan fingerprint density at radius 2 is 2.29 bits per heavy atom. The number of carbonyl (C=O) groups excluding carboxylic acids is 1. The molecule has 1 aromatic rings. The van der Waals surface area contributed by atoms with Crippen molar-refractivity contribution in [3.63, 3.8) is 0 Å². The van der Waals surface area contributed by atoms with E-state index in [9.17, 15) is 13.2 Å². The molecule has 1 aliphatic heterocycles. The van der Waals surface area contributed by atoms with Crippen LogP contribution < -0.4 is 5.32 Å². The first-order valence-electron chi connectivity index (χ1n) is 6.61. The first kappa shape index (κ1) is 16.4. The lowest BCUT2D eigenvalue weighted by atomic mass is 10.2. The maximum atomic E-state index is 12.7. The highest BCUT2D eigenvalue weighted by Crippen LogP contribution is 2.22. The summed E-state index contributed by atoms with van der Waals surface area (Å²) in [6.07, 6.45) is 0. The SMILES string of the molecule is CCOC(=O)C1CNCCN1S(=O)(=O)c1cccc(Br)c1. The average Bonchev–Trinajstić information content (AvgIpc) is 2.47. The highest BCUT2D eigenvalue weighted by atomic mass is 79.9. The molecule has 1 atom stereocenters. The van der Waals surface area contributed by atoms with Crippen LogP contribution >= 0.6 is 15.9 Å². The van der Waals surface area contributed by atoms with Gasteiger partial charge in [0.1, 0.15) is 6.04 Å². The van der Waals surface area contributed by atoms with Crippen molar-refractivity contribution in [3.8, 4) is 0 Å². The molecule has 6 nitrogen and oxygen atoms in total. The normalized spacial score (nSPS) is 20.2. The van der Waals surface area contributed by atoms with E-state index in [0.717, 1.165) is 0 Å². The summed E-state index contributed by atoms with van der Waals surface area (Å²) >= 11 is 3.26. The largest absolute Gasteiger partial charge is 0.465 e. The first-order valence-corrected chi connectivity index (χ1v) is 8.85. The zero-order valence-corrected chi connectivity index (χ0v) is 14.0. The van der Waals surface area contributed by atoms with Gasteiger partial charge in [-0.1, -0.05) is 22.0 Å². The summed E-state index contributed by atoms with van der Waals surface area (Å²) in [6.45, 7) is 2.91. The number of carbonyl (C=O) groups is 1. The molecule has 1 aliphatic rings. The Labute approximate surface area is 132 Å². The summed E-state index contributed by atoms with van der Waals surface area (Å²) in [5.41, 5.74) is 0. The lowest BCUT2D eigenvalue weighted by molar-refractivity contribution is -0.148. The van der Waals surface area contributed by atoms with E-state index in [-0.39, 0.29) is 24.6 Å². The number of hydrogen-bond acceptors (Lipinski definition) is 5. The summed E-state index contributed by atoms with van der Waals surface area (Å²) in [7, 11) is -3.73. The van der Waals surface area contributed by atoms with Gasteiger partial charge in [-0.15, -0.1) is 0 Å². The van der Waals surface area contributed by atoms with Crippen molar-refractivity contribution in [3.05, 3.63) is 28.7 Å². The fourth-order valence-electron chi connectivity index (χ4n) is 2.18. The Morgan fingerprint density at radius 1 is 1.52 bits per heavy atom. The number of nitrogens with zero attached hydrogens (tertiary/aromatic N) is 1. The molecule has 1 saturated heterocycles. The van der Waals surface area contributed by atoms with Gasteiger partial charge in [0.2, 0.25) is 10.0 Å². The first-order chi connectivity index (χ1) is 9.96. The molecule has 0 spiro atoms. The van der Waals surface area contributed by atoms with E-state index in [1.807, 2.05) is 0 Å². The van der Waals surface area contributed by atoms with Gasteiger partial charge in [0.25, 0.3) is 0 Å². The number of piperazine rings is 1. The zero-order valence-electron chi connectivity index (χ0n) is 11.6. The smallest absolute Gasteiger partial charge is 0.325 e. The van der Waals surface area contributed by atoms with Gasteiger partial charge in [-0.05, 0) is 25.1 Å². The fraction of sp³-hybridized carbons (Fsp3) is 0.462. The number of nitrogens with one attached hydrogen (secondary N) is 1. The molecule has 1 aromatic carbocycles. The highest BCUT2D eigenvalue weighted by molar-refractivity contribution is 9.10. The summed E-state index contributed by atoms with van der Waals surface area (Å²) < 4.78 is 32.3. The van der Waals surface area contributed by atoms with Crippen molar-refractivity contribution < 1.29 is 17.9 Å². The third-order valence-corrected chi connectivity index (χ3v) is 5.55. The predicted molar refractivity (Wildman–Crippen MR) is 81.3 cm³/mol. The number of hydrogen-bond donors (Lipinski definition) is 1. The number of esters is 1. The van der Waals surface area contributed by atoms with Crippen molar-refractivity contribution in [1.82, 2.24) is 9.62 Å². The second kappa shape index (κ2) is 6.87. The molecule has 116 valence electrons. The van der Waals surface area contributed by atoms with Gasteiger partial charge in [-0.25, -0.2) is 8.42 Å². The lowest BCUT2D eigenvalue weighted by Gasteiger charge is -2.33. The molecule has 1 fully saturated rings. The van der Waals surface area contributed by atoms with Crippen LogP contribution in [-0.2, 0) is 19.6 Å². The number of ether oxygens (including phenoxy) is 1. The van der Waals surface area contributed by atoms with Crippen molar-refractivity contribution in [1.29, 1.82) is 0 Å². The highest BCUT2D eigenvalue weighted by Gasteiger charge is 2.38. The van der Waals surface area contributed by atoms with Crippen LogP contribution in [0, 0.1) is 0 Å². The van der Waals surface area contributed by atoms with Crippen LogP contribution in [0.15, 0.2) is 33.6 Å². The van der Waals surface area contributed by atoms with Crippen LogP contribution in [-0.4, -0.2) is 51.0 Å². The van der Waals surface area contributed by atoms with Crippen molar-refractivity contribution in [2.45, 2.75) is 17.9 Å². The Balaban J connectivity index is 2.34. The molecular weight excluding hydrogens is 360 g/mol. The summed E-state index contributed by atoms with van der Waals surface area (Å²) in [5.74, 6) is -0.525. The molecule has 0 aliphatic carbocycles. The average molecular weight is 377 g/mol. The lowest BCUT2D eigenvalue weighted by Crippen LogP contribution is -2.57. The van der Waals surface area contributed by atoms with Crippen molar-refractivity contribution in [2.75, 3.05) is 26.2 Å². The van der Waals surface area contributed by atoms with Crippen LogP contribution in [0.25, 0.3) is 0 Å². The third-order valence-electron chi connectivity index (χ3n) is 3.16. The predicted octanol–water partition coefficient (Wildman–Crippen LogP) is 0.975. The second-order valence-electron chi connectivity index (χ2n) is 4.55. The fourth-order valence-corrected chi connectivity index (χ4v) is 4.35. The molecule has 8 heteroatoms. The van der Waals surface area contributed by atoms with E-state index in [4.69, 9.17) is 4.74 Å². The standard InChI is InChI=1S/C13H17BrN2O4S/c1-2-20-13(17)12-9-15-6-7-16(12)21(18,19)11-5-3-4-10(14)8-11/h3-5,8,12,15H,2,6-7,9H2,1H3. The minimum Gasteiger partial charge on any atom is -0.465 e. The Hall–Kier alpha value is -0.960. The Kier molecular flexibility index (Phi) is 5.37. The zero-order chi connectivity index (χ0) is 15.5. The number of benzene rings is 1. The maximum absolute atomic E-state index is 12.7. The molecule has 2 rings (SSSR count). The molecule has 0 bridgehead atoms. The Morgan fingerprint density at radius 3 is 2.95 bits per heavy atom. The van der Waals surface area contributed by atoms with E-state index in [0.29, 0.717) is 11.0 Å². The van der Waals surface area contributed by atoms with Gasteiger partial charge in [0, 0.05) is 24.1 Å². The minimum absolute atomic E-state index is 0.160. The quantitative estimate of drug-likeness (QED) is 0.792. The molecule has 0 aromatic heterocycles. The van der Waals surface area contributed by atoms with Gasteiger partial charge < -0.3 is 10.1 Å². The molecule has 0 saturated carbocycles. The van der Waals surface area contributed by atoms with E-state index in [2.05, 4.69) is 21.2 Å². The molecule has 21 heavy (non-hydrogen) atoms. The van der Waals surface area contributed by atoms with Crippen LogP contribution in [0.2, 0.25) is 0 Å². The molecule has 1 heterocycles. The van der Waals surface area contributed by atoms with E-state index in [1.54, 1.807) is 19.1 Å². The van der Waals surface area contributed by atoms with Crippen LogP contribution in [0.1, 0.15) is 6.92 Å². The van der Waals surface area contributed by atoms with Gasteiger partial charge in [0.05, 0.1) is 11.5 Å². The number of halogens is 1. The minimum atomic E-state index is -3.73. The summed E-state index contributed by atoms with van der Waals surface area (Å²) in [5, 5.41) is 3.02. The monoisotopic (exact) mass is 376 g/mol. The van der Waals surface area contributed by atoms with Crippen LogP contribution in [0.4, 0.5) is 0 Å². The maximum Gasteiger partial charge on any atom is 0.325 e. The van der Waals surface area contributed by atoms with E-state index in [1.165, 1.54) is 16.4 Å².